The molecule has 3 N–H and O–H groups in total. The monoisotopic (exact) mass is 262 g/mol. The zero-order valence-corrected chi connectivity index (χ0v) is 11.6. The Morgan fingerprint density at radius 2 is 2.32 bits per heavy atom. The van der Waals surface area contributed by atoms with Gasteiger partial charge in [-0.2, -0.15) is 5.10 Å². The average Bonchev–Trinajstić information content (AvgIpc) is 2.36. The standard InChI is InChI=1S/C14H22N4O/c1-3-4-8-18(2)11-13-7-5-6-12(9-13)10-16-17-14(15)19/h5-7,9-10H,3-4,8,11H2,1-2H3,(H3,15,17,19). The van der Waals surface area contributed by atoms with E-state index in [-0.39, 0.29) is 0 Å². The van der Waals surface area contributed by atoms with Crippen LogP contribution in [0.5, 0.6) is 0 Å². The number of benzene rings is 1. The smallest absolute Gasteiger partial charge is 0.332 e. The SMILES string of the molecule is CCCCN(C)Cc1cccc(C=NNC(N)=O)c1. The van der Waals surface area contributed by atoms with Crippen molar-refractivity contribution in [3.63, 3.8) is 0 Å². The van der Waals surface area contributed by atoms with Crippen LogP contribution in [-0.2, 0) is 6.54 Å². The molecule has 5 heteroatoms. The molecule has 0 bridgehead atoms. The van der Waals surface area contributed by atoms with Crippen LogP contribution in [0, 0.1) is 0 Å². The van der Waals surface area contributed by atoms with E-state index in [4.69, 9.17) is 5.73 Å². The molecule has 2 amide bonds. The molecule has 1 rings (SSSR count). The van der Waals surface area contributed by atoms with Crippen molar-refractivity contribution in [2.45, 2.75) is 26.3 Å². The molecule has 0 saturated heterocycles. The summed E-state index contributed by atoms with van der Waals surface area (Å²) < 4.78 is 0. The summed E-state index contributed by atoms with van der Waals surface area (Å²) in [7, 11) is 2.12. The van der Waals surface area contributed by atoms with Crippen molar-refractivity contribution in [1.29, 1.82) is 0 Å². The third-order valence-corrected chi connectivity index (χ3v) is 2.69. The Morgan fingerprint density at radius 3 is 3.00 bits per heavy atom. The van der Waals surface area contributed by atoms with Gasteiger partial charge in [0.05, 0.1) is 6.21 Å². The van der Waals surface area contributed by atoms with Crippen LogP contribution < -0.4 is 11.2 Å². The van der Waals surface area contributed by atoms with Gasteiger partial charge in [0.15, 0.2) is 0 Å². The highest BCUT2D eigenvalue weighted by molar-refractivity contribution is 5.81. The highest BCUT2D eigenvalue weighted by atomic mass is 16.2. The lowest BCUT2D eigenvalue weighted by atomic mass is 10.1. The molecule has 0 atom stereocenters. The Labute approximate surface area is 114 Å². The van der Waals surface area contributed by atoms with Crippen LogP contribution in [0.15, 0.2) is 29.4 Å². The first-order valence-electron chi connectivity index (χ1n) is 6.47. The van der Waals surface area contributed by atoms with Crippen molar-refractivity contribution in [3.05, 3.63) is 35.4 Å². The second kappa shape index (κ2) is 8.26. The predicted octanol–water partition coefficient (Wildman–Crippen LogP) is 1.92. The summed E-state index contributed by atoms with van der Waals surface area (Å²) in [4.78, 5) is 12.8. The fourth-order valence-corrected chi connectivity index (χ4v) is 1.76. The van der Waals surface area contributed by atoms with Crippen LogP contribution in [0.2, 0.25) is 0 Å². The summed E-state index contributed by atoms with van der Waals surface area (Å²) in [5.41, 5.74) is 9.27. The van der Waals surface area contributed by atoms with Gasteiger partial charge in [-0.3, -0.25) is 0 Å². The molecule has 0 spiro atoms. The minimum Gasteiger partial charge on any atom is -0.350 e. The lowest BCUT2D eigenvalue weighted by Gasteiger charge is -2.16. The molecule has 5 nitrogen and oxygen atoms in total. The summed E-state index contributed by atoms with van der Waals surface area (Å²) in [6, 6.07) is 7.39. The molecule has 1 aromatic carbocycles. The van der Waals surface area contributed by atoms with E-state index < -0.39 is 6.03 Å². The Hall–Kier alpha value is -1.88. The predicted molar refractivity (Wildman–Crippen MR) is 78.0 cm³/mol. The number of hydrogen-bond acceptors (Lipinski definition) is 3. The van der Waals surface area contributed by atoms with Gasteiger partial charge in [0, 0.05) is 6.54 Å². The average molecular weight is 262 g/mol. The normalized spacial score (nSPS) is 11.1. The van der Waals surface area contributed by atoms with Crippen LogP contribution in [0.25, 0.3) is 0 Å². The number of hydrogen-bond donors (Lipinski definition) is 2. The van der Waals surface area contributed by atoms with E-state index in [0.29, 0.717) is 0 Å². The molecule has 19 heavy (non-hydrogen) atoms. The molecule has 0 saturated carbocycles. The Bertz CT molecular complexity index is 431. The number of carbonyl (C=O) groups excluding carboxylic acids is 1. The van der Waals surface area contributed by atoms with Crippen molar-refractivity contribution >= 4 is 12.2 Å². The largest absolute Gasteiger partial charge is 0.350 e. The molecule has 0 radical (unpaired) electrons. The molecule has 0 fully saturated rings. The van der Waals surface area contributed by atoms with Gasteiger partial charge in [0.2, 0.25) is 0 Å². The molecule has 0 aliphatic heterocycles. The van der Waals surface area contributed by atoms with Crippen LogP contribution in [0.3, 0.4) is 0 Å². The molecule has 104 valence electrons. The highest BCUT2D eigenvalue weighted by Gasteiger charge is 2.00. The maximum absolute atomic E-state index is 10.5. The van der Waals surface area contributed by atoms with E-state index in [9.17, 15) is 4.79 Å². The first kappa shape index (κ1) is 15.2. The zero-order valence-electron chi connectivity index (χ0n) is 11.6. The number of carbonyl (C=O) groups is 1. The molecule has 0 aliphatic rings. The highest BCUT2D eigenvalue weighted by Crippen LogP contribution is 2.07. The van der Waals surface area contributed by atoms with Gasteiger partial charge in [-0.1, -0.05) is 31.5 Å². The van der Waals surface area contributed by atoms with Gasteiger partial charge < -0.3 is 10.6 Å². The van der Waals surface area contributed by atoms with E-state index in [2.05, 4.69) is 41.5 Å². The van der Waals surface area contributed by atoms with Gasteiger partial charge in [-0.25, -0.2) is 10.2 Å². The van der Waals surface area contributed by atoms with Crippen molar-refractivity contribution in [1.82, 2.24) is 10.3 Å². The zero-order chi connectivity index (χ0) is 14.1. The van der Waals surface area contributed by atoms with Gasteiger partial charge in [0.1, 0.15) is 0 Å². The van der Waals surface area contributed by atoms with Crippen molar-refractivity contribution < 1.29 is 4.79 Å². The second-order valence-corrected chi connectivity index (χ2v) is 4.57. The number of nitrogens with two attached hydrogens (primary N) is 1. The van der Waals surface area contributed by atoms with Crippen LogP contribution in [0.1, 0.15) is 30.9 Å². The summed E-state index contributed by atoms with van der Waals surface area (Å²) in [5.74, 6) is 0. The van der Waals surface area contributed by atoms with E-state index >= 15 is 0 Å². The first-order valence-corrected chi connectivity index (χ1v) is 6.47. The van der Waals surface area contributed by atoms with Gasteiger partial charge in [-0.05, 0) is 37.2 Å². The van der Waals surface area contributed by atoms with Gasteiger partial charge in [0.25, 0.3) is 0 Å². The van der Waals surface area contributed by atoms with E-state index in [1.54, 1.807) is 6.21 Å². The molecular weight excluding hydrogens is 240 g/mol. The van der Waals surface area contributed by atoms with Crippen LogP contribution in [-0.4, -0.2) is 30.7 Å². The molecule has 0 unspecified atom stereocenters. The minimum atomic E-state index is -0.660. The molecule has 1 aromatic rings. The number of primary amides is 1. The third kappa shape index (κ3) is 6.57. The number of hydrazone groups is 1. The Morgan fingerprint density at radius 1 is 1.53 bits per heavy atom. The lowest BCUT2D eigenvalue weighted by Crippen LogP contribution is -2.24. The number of urea groups is 1. The summed E-state index contributed by atoms with van der Waals surface area (Å²) in [6.45, 7) is 4.19. The maximum Gasteiger partial charge on any atom is 0.332 e. The molecular formula is C14H22N4O. The van der Waals surface area contributed by atoms with E-state index in [0.717, 1.165) is 18.7 Å². The van der Waals surface area contributed by atoms with E-state index in [1.807, 2.05) is 12.1 Å². The Kier molecular flexibility index (Phi) is 6.60. The van der Waals surface area contributed by atoms with Crippen LogP contribution >= 0.6 is 0 Å². The summed E-state index contributed by atoms with van der Waals surface area (Å²) >= 11 is 0. The number of unbranched alkanes of at least 4 members (excludes halogenated alkanes) is 1. The topological polar surface area (TPSA) is 70.7 Å². The summed E-state index contributed by atoms with van der Waals surface area (Å²) in [5, 5.41) is 3.75. The van der Waals surface area contributed by atoms with Crippen molar-refractivity contribution in [3.8, 4) is 0 Å². The number of nitrogens with one attached hydrogen (secondary N) is 1. The summed E-state index contributed by atoms with van der Waals surface area (Å²) in [6.07, 6.45) is 4.00. The van der Waals surface area contributed by atoms with Gasteiger partial charge in [-0.15, -0.1) is 0 Å². The molecule has 0 heterocycles. The molecule has 0 aromatic heterocycles. The number of nitrogens with zero attached hydrogens (tertiary/aromatic N) is 2. The second-order valence-electron chi connectivity index (χ2n) is 4.57. The first-order chi connectivity index (χ1) is 9.11. The van der Waals surface area contributed by atoms with Crippen molar-refractivity contribution in [2.24, 2.45) is 10.8 Å². The fourth-order valence-electron chi connectivity index (χ4n) is 1.76. The number of amides is 2. The quantitative estimate of drug-likeness (QED) is 0.582. The van der Waals surface area contributed by atoms with Gasteiger partial charge >= 0.3 is 6.03 Å². The van der Waals surface area contributed by atoms with E-state index in [1.165, 1.54) is 18.4 Å². The minimum absolute atomic E-state index is 0.660. The van der Waals surface area contributed by atoms with Crippen molar-refractivity contribution in [2.75, 3.05) is 13.6 Å². The van der Waals surface area contributed by atoms with Crippen LogP contribution in [0.4, 0.5) is 4.79 Å². The fraction of sp³-hybridized carbons (Fsp3) is 0.429. The maximum atomic E-state index is 10.5. The molecule has 0 aliphatic carbocycles. The lowest BCUT2D eigenvalue weighted by molar-refractivity contribution is 0.249. The Balaban J connectivity index is 2.56. The number of rotatable bonds is 7. The third-order valence-electron chi connectivity index (χ3n) is 2.69.